The van der Waals surface area contributed by atoms with Crippen LogP contribution in [0.4, 0.5) is 5.69 Å². The molecule has 1 aromatic carbocycles. The molecule has 94 valence electrons. The fourth-order valence-electron chi connectivity index (χ4n) is 1.66. The van der Waals surface area contributed by atoms with E-state index in [4.69, 9.17) is 0 Å². The normalized spacial score (nSPS) is 10.3. The van der Waals surface area contributed by atoms with Crippen molar-refractivity contribution in [2.75, 3.05) is 5.32 Å². The predicted molar refractivity (Wildman–Crippen MR) is 74.5 cm³/mol. The lowest BCUT2D eigenvalue weighted by Crippen LogP contribution is -2.10. The Morgan fingerprint density at radius 2 is 2.11 bits per heavy atom. The van der Waals surface area contributed by atoms with Crippen LogP contribution in [-0.4, -0.2) is 11.0 Å². The third-order valence-corrected chi connectivity index (χ3v) is 3.92. The summed E-state index contributed by atoms with van der Waals surface area (Å²) in [5.41, 5.74) is 1.57. The molecule has 0 fully saturated rings. The molecule has 1 heterocycles. The van der Waals surface area contributed by atoms with E-state index in [1.807, 2.05) is 19.1 Å². The summed E-state index contributed by atoms with van der Waals surface area (Å²) in [4.78, 5) is 13.9. The van der Waals surface area contributed by atoms with Crippen molar-refractivity contribution in [1.82, 2.24) is 0 Å². The number of thiophene rings is 1. The van der Waals surface area contributed by atoms with E-state index in [1.54, 1.807) is 18.2 Å². The third-order valence-electron chi connectivity index (χ3n) is 2.69. The van der Waals surface area contributed by atoms with Crippen LogP contribution in [0.2, 0.25) is 0 Å². The fraction of sp³-hybridized carbons (Fsp3) is 0.214. The van der Waals surface area contributed by atoms with Gasteiger partial charge in [-0.3, -0.25) is 4.79 Å². The first-order valence-electron chi connectivity index (χ1n) is 5.80. The van der Waals surface area contributed by atoms with Crippen molar-refractivity contribution in [2.24, 2.45) is 0 Å². The molecule has 0 bridgehead atoms. The summed E-state index contributed by atoms with van der Waals surface area (Å²) >= 11 is 1.51. The van der Waals surface area contributed by atoms with Crippen molar-refractivity contribution in [2.45, 2.75) is 20.3 Å². The summed E-state index contributed by atoms with van der Waals surface area (Å²) < 4.78 is 0. The maximum atomic E-state index is 12.0. The van der Waals surface area contributed by atoms with Crippen LogP contribution < -0.4 is 5.32 Å². The van der Waals surface area contributed by atoms with E-state index in [0.29, 0.717) is 4.88 Å². The quantitative estimate of drug-likeness (QED) is 0.830. The highest BCUT2D eigenvalue weighted by molar-refractivity contribution is 7.14. The van der Waals surface area contributed by atoms with Gasteiger partial charge >= 0.3 is 0 Å². The van der Waals surface area contributed by atoms with Gasteiger partial charge in [-0.15, -0.1) is 11.3 Å². The number of aromatic hydroxyl groups is 1. The molecule has 3 nitrogen and oxygen atoms in total. The van der Waals surface area contributed by atoms with Crippen LogP contribution in [0, 0.1) is 6.92 Å². The van der Waals surface area contributed by atoms with Gasteiger partial charge in [-0.05, 0) is 49.2 Å². The van der Waals surface area contributed by atoms with Crippen molar-refractivity contribution >= 4 is 22.9 Å². The molecule has 18 heavy (non-hydrogen) atoms. The molecule has 0 radical (unpaired) electrons. The van der Waals surface area contributed by atoms with Crippen LogP contribution in [0.25, 0.3) is 0 Å². The molecule has 0 spiro atoms. The highest BCUT2D eigenvalue weighted by Gasteiger charge is 2.10. The van der Waals surface area contributed by atoms with E-state index in [2.05, 4.69) is 12.2 Å². The Morgan fingerprint density at radius 1 is 1.33 bits per heavy atom. The minimum atomic E-state index is -0.103. The number of benzene rings is 1. The van der Waals surface area contributed by atoms with Gasteiger partial charge in [0.2, 0.25) is 0 Å². The SMILES string of the molecule is CCc1ccc(C(=O)Nc2ccc(O)cc2C)s1. The number of amides is 1. The molecular weight excluding hydrogens is 246 g/mol. The largest absolute Gasteiger partial charge is 0.508 e. The van der Waals surface area contributed by atoms with E-state index in [-0.39, 0.29) is 11.7 Å². The average Bonchev–Trinajstić information content (AvgIpc) is 2.81. The van der Waals surface area contributed by atoms with Gasteiger partial charge in [0.25, 0.3) is 5.91 Å². The number of rotatable bonds is 3. The minimum Gasteiger partial charge on any atom is -0.508 e. The maximum absolute atomic E-state index is 12.0. The zero-order valence-electron chi connectivity index (χ0n) is 10.4. The summed E-state index contributed by atoms with van der Waals surface area (Å²) in [6, 6.07) is 8.71. The molecule has 1 aromatic heterocycles. The van der Waals surface area contributed by atoms with Crippen molar-refractivity contribution in [3.05, 3.63) is 45.6 Å². The Labute approximate surface area is 110 Å². The summed E-state index contributed by atoms with van der Waals surface area (Å²) in [5.74, 6) is 0.100. The molecule has 0 aliphatic carbocycles. The first-order valence-corrected chi connectivity index (χ1v) is 6.61. The molecule has 4 heteroatoms. The van der Waals surface area contributed by atoms with Crippen molar-refractivity contribution in [1.29, 1.82) is 0 Å². The van der Waals surface area contributed by atoms with Crippen molar-refractivity contribution in [3.63, 3.8) is 0 Å². The number of carbonyl (C=O) groups is 1. The van der Waals surface area contributed by atoms with E-state index in [9.17, 15) is 9.90 Å². The molecule has 2 aromatic rings. The first kappa shape index (κ1) is 12.6. The molecule has 1 amide bonds. The third kappa shape index (κ3) is 2.71. The van der Waals surface area contributed by atoms with Gasteiger partial charge < -0.3 is 10.4 Å². The number of hydrogen-bond acceptors (Lipinski definition) is 3. The zero-order valence-corrected chi connectivity index (χ0v) is 11.2. The van der Waals surface area contributed by atoms with Gasteiger partial charge in [-0.2, -0.15) is 0 Å². The van der Waals surface area contributed by atoms with Gasteiger partial charge in [0.05, 0.1) is 4.88 Å². The Balaban J connectivity index is 2.16. The first-order chi connectivity index (χ1) is 8.60. The Kier molecular flexibility index (Phi) is 3.67. The minimum absolute atomic E-state index is 0.103. The number of carbonyl (C=O) groups excluding carboxylic acids is 1. The molecule has 2 N–H and O–H groups in total. The molecule has 0 unspecified atom stereocenters. The average molecular weight is 261 g/mol. The summed E-state index contributed by atoms with van der Waals surface area (Å²) in [5, 5.41) is 12.2. The van der Waals surface area contributed by atoms with Crippen LogP contribution >= 0.6 is 11.3 Å². The van der Waals surface area contributed by atoms with E-state index in [0.717, 1.165) is 17.7 Å². The van der Waals surface area contributed by atoms with Crippen molar-refractivity contribution in [3.8, 4) is 5.75 Å². The number of hydrogen-bond donors (Lipinski definition) is 2. The van der Waals surface area contributed by atoms with Crippen LogP contribution in [0.1, 0.15) is 27.0 Å². The molecule has 0 aliphatic rings. The summed E-state index contributed by atoms with van der Waals surface area (Å²) in [6.07, 6.45) is 0.941. The van der Waals surface area contributed by atoms with Crippen LogP contribution in [0.5, 0.6) is 5.75 Å². The van der Waals surface area contributed by atoms with E-state index < -0.39 is 0 Å². The second-order valence-corrected chi connectivity index (χ2v) is 5.24. The molecule has 0 saturated heterocycles. The van der Waals surface area contributed by atoms with E-state index >= 15 is 0 Å². The van der Waals surface area contributed by atoms with Crippen LogP contribution in [-0.2, 0) is 6.42 Å². The number of phenols is 1. The van der Waals surface area contributed by atoms with E-state index in [1.165, 1.54) is 16.2 Å². The predicted octanol–water partition coefficient (Wildman–Crippen LogP) is 3.58. The molecule has 0 atom stereocenters. The highest BCUT2D eigenvalue weighted by atomic mass is 32.1. The zero-order chi connectivity index (χ0) is 13.1. The van der Waals surface area contributed by atoms with Crippen LogP contribution in [0.3, 0.4) is 0 Å². The summed E-state index contributed by atoms with van der Waals surface area (Å²) in [6.45, 7) is 3.92. The van der Waals surface area contributed by atoms with Gasteiger partial charge in [0.15, 0.2) is 0 Å². The van der Waals surface area contributed by atoms with Crippen LogP contribution in [0.15, 0.2) is 30.3 Å². The van der Waals surface area contributed by atoms with Gasteiger partial charge in [0, 0.05) is 10.6 Å². The highest BCUT2D eigenvalue weighted by Crippen LogP contribution is 2.22. The standard InChI is InChI=1S/C14H15NO2S/c1-3-11-5-7-13(18-11)14(17)15-12-6-4-10(16)8-9(12)2/h4-8,16H,3H2,1-2H3,(H,15,17). The Hall–Kier alpha value is -1.81. The topological polar surface area (TPSA) is 49.3 Å². The number of phenolic OH excluding ortho intramolecular Hbond substituents is 1. The maximum Gasteiger partial charge on any atom is 0.265 e. The monoisotopic (exact) mass is 261 g/mol. The van der Waals surface area contributed by atoms with Gasteiger partial charge in [-0.1, -0.05) is 6.92 Å². The Bertz CT molecular complexity index is 575. The second-order valence-electron chi connectivity index (χ2n) is 4.07. The van der Waals surface area contributed by atoms with Gasteiger partial charge in [0.1, 0.15) is 5.75 Å². The number of aryl methyl sites for hydroxylation is 2. The lowest BCUT2D eigenvalue weighted by molar-refractivity contribution is 0.103. The molecule has 0 aliphatic heterocycles. The van der Waals surface area contributed by atoms with Gasteiger partial charge in [-0.25, -0.2) is 0 Å². The molecule has 2 rings (SSSR count). The lowest BCUT2D eigenvalue weighted by atomic mass is 10.2. The molecule has 0 saturated carbocycles. The smallest absolute Gasteiger partial charge is 0.265 e. The fourth-order valence-corrected chi connectivity index (χ4v) is 2.50. The lowest BCUT2D eigenvalue weighted by Gasteiger charge is -2.07. The second kappa shape index (κ2) is 5.23. The number of nitrogens with one attached hydrogen (secondary N) is 1. The van der Waals surface area contributed by atoms with Crippen molar-refractivity contribution < 1.29 is 9.90 Å². The molecular formula is C14H15NO2S. The Morgan fingerprint density at radius 3 is 2.72 bits per heavy atom. The summed E-state index contributed by atoms with van der Waals surface area (Å²) in [7, 11) is 0. The number of anilines is 1.